The molecule has 1 aromatic carbocycles. The lowest BCUT2D eigenvalue weighted by Crippen LogP contribution is -2.13. The number of amidine groups is 2. The monoisotopic (exact) mass is 335 g/mol. The Labute approximate surface area is 140 Å². The second-order valence-electron chi connectivity index (χ2n) is 5.22. The number of nitrogens with zero attached hydrogens (tertiary/aromatic N) is 1. The van der Waals surface area contributed by atoms with E-state index in [9.17, 15) is 0 Å². The van der Waals surface area contributed by atoms with Crippen molar-refractivity contribution in [2.75, 3.05) is 52.9 Å². The van der Waals surface area contributed by atoms with E-state index < -0.39 is 0 Å². The summed E-state index contributed by atoms with van der Waals surface area (Å²) >= 11 is 0. The summed E-state index contributed by atoms with van der Waals surface area (Å²) in [6.07, 6.45) is 0. The maximum absolute atomic E-state index is 7.87. The SMILES string of the molecule is N=C1N=C(N)c2cc3c(cc21)OCCOCCOCCOCCO3. The summed E-state index contributed by atoms with van der Waals surface area (Å²) in [5.74, 6) is 1.53. The van der Waals surface area contributed by atoms with E-state index in [1.165, 1.54) is 0 Å². The Bertz CT molecular complexity index is 632. The van der Waals surface area contributed by atoms with Gasteiger partial charge in [-0.3, -0.25) is 5.41 Å². The van der Waals surface area contributed by atoms with Gasteiger partial charge in [-0.1, -0.05) is 0 Å². The molecule has 3 rings (SSSR count). The van der Waals surface area contributed by atoms with Crippen LogP contribution in [-0.2, 0) is 14.2 Å². The largest absolute Gasteiger partial charge is 0.487 e. The van der Waals surface area contributed by atoms with Crippen LogP contribution in [0, 0.1) is 5.41 Å². The van der Waals surface area contributed by atoms with Crippen LogP contribution in [0.5, 0.6) is 11.5 Å². The van der Waals surface area contributed by atoms with Gasteiger partial charge in [-0.2, -0.15) is 0 Å². The topological polar surface area (TPSA) is 108 Å². The number of nitrogens with two attached hydrogens (primary N) is 1. The molecule has 0 unspecified atom stereocenters. The Balaban J connectivity index is 1.76. The quantitative estimate of drug-likeness (QED) is 0.717. The molecule has 0 aliphatic carbocycles. The van der Waals surface area contributed by atoms with Crippen molar-refractivity contribution in [3.05, 3.63) is 23.3 Å². The number of nitrogens with one attached hydrogen (secondary N) is 1. The molecule has 0 bridgehead atoms. The Kier molecular flexibility index (Phi) is 5.63. The third-order valence-corrected chi connectivity index (χ3v) is 3.56. The number of benzene rings is 1. The van der Waals surface area contributed by atoms with Crippen molar-refractivity contribution < 1.29 is 23.7 Å². The summed E-state index contributed by atoms with van der Waals surface area (Å²) in [7, 11) is 0. The summed E-state index contributed by atoms with van der Waals surface area (Å²) in [6.45, 7) is 3.69. The van der Waals surface area contributed by atoms with Crippen molar-refractivity contribution in [1.82, 2.24) is 0 Å². The summed E-state index contributed by atoms with van der Waals surface area (Å²) in [6, 6.07) is 3.49. The highest BCUT2D eigenvalue weighted by Crippen LogP contribution is 2.33. The Morgan fingerprint density at radius 3 is 1.75 bits per heavy atom. The molecule has 8 heteroatoms. The first-order chi connectivity index (χ1) is 11.8. The Morgan fingerprint density at radius 1 is 0.750 bits per heavy atom. The highest BCUT2D eigenvalue weighted by molar-refractivity contribution is 6.21. The lowest BCUT2D eigenvalue weighted by atomic mass is 10.1. The van der Waals surface area contributed by atoms with Crippen LogP contribution in [0.15, 0.2) is 17.1 Å². The van der Waals surface area contributed by atoms with Crippen LogP contribution in [0.4, 0.5) is 0 Å². The molecule has 0 atom stereocenters. The molecule has 0 radical (unpaired) electrons. The van der Waals surface area contributed by atoms with E-state index in [4.69, 9.17) is 34.8 Å². The van der Waals surface area contributed by atoms with Gasteiger partial charge < -0.3 is 29.4 Å². The van der Waals surface area contributed by atoms with Gasteiger partial charge in [0.15, 0.2) is 17.3 Å². The van der Waals surface area contributed by atoms with Crippen molar-refractivity contribution in [3.8, 4) is 11.5 Å². The molecule has 24 heavy (non-hydrogen) atoms. The van der Waals surface area contributed by atoms with Crippen LogP contribution in [0.25, 0.3) is 0 Å². The van der Waals surface area contributed by atoms with Gasteiger partial charge in [-0.15, -0.1) is 0 Å². The Morgan fingerprint density at radius 2 is 1.21 bits per heavy atom. The number of hydrogen-bond acceptors (Lipinski definition) is 7. The maximum Gasteiger partial charge on any atom is 0.162 e. The van der Waals surface area contributed by atoms with E-state index in [1.807, 2.05) is 0 Å². The normalized spacial score (nSPS) is 19.8. The standard InChI is InChI=1S/C16H21N3O5/c17-15-11-9-13-14(10-12(11)16(18)19-15)24-8-6-22-4-2-20-1-3-21-5-7-23-13/h9-10H,1-8H2,(H3,17,18,19). The summed E-state index contributed by atoms with van der Waals surface area (Å²) < 4.78 is 27.8. The van der Waals surface area contributed by atoms with Crippen molar-refractivity contribution >= 4 is 11.7 Å². The van der Waals surface area contributed by atoms with E-state index >= 15 is 0 Å². The van der Waals surface area contributed by atoms with E-state index in [-0.39, 0.29) is 5.84 Å². The molecule has 2 heterocycles. The lowest BCUT2D eigenvalue weighted by molar-refractivity contribution is 0.00708. The third-order valence-electron chi connectivity index (χ3n) is 3.56. The summed E-state index contributed by atoms with van der Waals surface area (Å²) in [5.41, 5.74) is 7.17. The fourth-order valence-corrected chi connectivity index (χ4v) is 2.40. The molecule has 0 amide bonds. The van der Waals surface area contributed by atoms with Crippen molar-refractivity contribution in [1.29, 1.82) is 5.41 Å². The molecule has 0 saturated heterocycles. The van der Waals surface area contributed by atoms with Gasteiger partial charge in [-0.25, -0.2) is 4.99 Å². The smallest absolute Gasteiger partial charge is 0.162 e. The summed E-state index contributed by atoms with van der Waals surface area (Å²) in [4.78, 5) is 3.98. The first kappa shape index (κ1) is 16.7. The molecule has 0 spiro atoms. The second kappa shape index (κ2) is 8.09. The number of aliphatic imine (C=N–C) groups is 1. The zero-order valence-electron chi connectivity index (χ0n) is 13.4. The van der Waals surface area contributed by atoms with Gasteiger partial charge >= 0.3 is 0 Å². The van der Waals surface area contributed by atoms with Gasteiger partial charge in [0.1, 0.15) is 19.0 Å². The molecule has 2 aliphatic rings. The predicted octanol–water partition coefficient (Wildman–Crippen LogP) is 0.552. The van der Waals surface area contributed by atoms with Gasteiger partial charge in [-0.05, 0) is 12.1 Å². The highest BCUT2D eigenvalue weighted by atomic mass is 16.6. The van der Waals surface area contributed by atoms with Crippen LogP contribution in [0.3, 0.4) is 0 Å². The number of rotatable bonds is 0. The van der Waals surface area contributed by atoms with E-state index in [0.717, 1.165) is 0 Å². The van der Waals surface area contributed by atoms with E-state index in [2.05, 4.69) is 4.99 Å². The average Bonchev–Trinajstić information content (AvgIpc) is 2.84. The second-order valence-corrected chi connectivity index (χ2v) is 5.22. The molecule has 0 saturated carbocycles. The van der Waals surface area contributed by atoms with Crippen molar-refractivity contribution in [3.63, 3.8) is 0 Å². The Hall–Kier alpha value is -2.16. The minimum atomic E-state index is 0.126. The first-order valence-electron chi connectivity index (χ1n) is 7.86. The molecule has 3 N–H and O–H groups in total. The minimum Gasteiger partial charge on any atom is -0.487 e. The predicted molar refractivity (Wildman–Crippen MR) is 87.4 cm³/mol. The zero-order valence-corrected chi connectivity index (χ0v) is 13.4. The zero-order chi connectivity index (χ0) is 16.8. The van der Waals surface area contributed by atoms with Crippen LogP contribution in [0.1, 0.15) is 11.1 Å². The lowest BCUT2D eigenvalue weighted by Gasteiger charge is -2.14. The summed E-state index contributed by atoms with van der Waals surface area (Å²) in [5, 5.41) is 7.87. The molecule has 8 nitrogen and oxygen atoms in total. The molecule has 130 valence electrons. The first-order valence-corrected chi connectivity index (χ1v) is 7.86. The van der Waals surface area contributed by atoms with E-state index in [1.54, 1.807) is 12.1 Å². The molecular weight excluding hydrogens is 314 g/mol. The van der Waals surface area contributed by atoms with Gasteiger partial charge in [0, 0.05) is 11.1 Å². The molecule has 1 aromatic rings. The molecular formula is C16H21N3O5. The fraction of sp³-hybridized carbons (Fsp3) is 0.500. The van der Waals surface area contributed by atoms with Gasteiger partial charge in [0.25, 0.3) is 0 Å². The fourth-order valence-electron chi connectivity index (χ4n) is 2.40. The number of hydrogen-bond donors (Lipinski definition) is 2. The number of fused-ring (bicyclic) bond motifs is 2. The maximum atomic E-state index is 7.87. The molecule has 2 aliphatic heterocycles. The van der Waals surface area contributed by atoms with Crippen LogP contribution in [-0.4, -0.2) is 64.5 Å². The van der Waals surface area contributed by atoms with Crippen molar-refractivity contribution in [2.45, 2.75) is 0 Å². The van der Waals surface area contributed by atoms with Crippen LogP contribution < -0.4 is 15.2 Å². The minimum absolute atomic E-state index is 0.126. The molecule has 0 aromatic heterocycles. The van der Waals surface area contributed by atoms with Gasteiger partial charge in [0.05, 0.1) is 39.6 Å². The highest BCUT2D eigenvalue weighted by Gasteiger charge is 2.22. The molecule has 0 fully saturated rings. The van der Waals surface area contributed by atoms with Crippen molar-refractivity contribution in [2.24, 2.45) is 10.7 Å². The average molecular weight is 335 g/mol. The third kappa shape index (κ3) is 4.02. The van der Waals surface area contributed by atoms with E-state index in [0.29, 0.717) is 81.3 Å². The van der Waals surface area contributed by atoms with Crippen LogP contribution in [0.2, 0.25) is 0 Å². The van der Waals surface area contributed by atoms with Crippen LogP contribution >= 0.6 is 0 Å². The number of ether oxygens (including phenoxy) is 5. The van der Waals surface area contributed by atoms with Gasteiger partial charge in [0.2, 0.25) is 0 Å².